The quantitative estimate of drug-likeness (QED) is 0.746. The van der Waals surface area contributed by atoms with Crippen molar-refractivity contribution >= 4 is 17.6 Å². The number of nitrogens with one attached hydrogen (secondary N) is 2. The summed E-state index contributed by atoms with van der Waals surface area (Å²) in [6, 6.07) is 7.23. The van der Waals surface area contributed by atoms with Crippen molar-refractivity contribution in [2.45, 2.75) is 32.2 Å². The third kappa shape index (κ3) is 6.23. The molecule has 1 saturated heterocycles. The minimum absolute atomic E-state index is 0.0860. The molecule has 2 rings (SSSR count). The van der Waals surface area contributed by atoms with E-state index < -0.39 is 0 Å². The summed E-state index contributed by atoms with van der Waals surface area (Å²) in [7, 11) is 0. The number of urea groups is 1. The number of nitrogens with zero attached hydrogens (tertiary/aromatic N) is 1. The van der Waals surface area contributed by atoms with Crippen LogP contribution < -0.4 is 10.6 Å². The van der Waals surface area contributed by atoms with Gasteiger partial charge in [0, 0.05) is 24.8 Å². The molecule has 6 heteroatoms. The van der Waals surface area contributed by atoms with Crippen LogP contribution in [0.2, 0.25) is 0 Å². The normalized spacial score (nSPS) is 15.3. The lowest BCUT2D eigenvalue weighted by molar-refractivity contribution is -0.134. The molecule has 6 nitrogen and oxygen atoms in total. The maximum absolute atomic E-state index is 12.2. The molecule has 1 aliphatic rings. The molecule has 2 N–H and O–H groups in total. The molecule has 0 spiro atoms. The van der Waals surface area contributed by atoms with Gasteiger partial charge in [-0.05, 0) is 30.5 Å². The molecule has 0 bridgehead atoms. The second-order valence-corrected chi connectivity index (χ2v) is 6.09. The van der Waals surface area contributed by atoms with Crippen molar-refractivity contribution in [3.63, 3.8) is 0 Å². The zero-order valence-corrected chi connectivity index (χ0v) is 14.8. The number of ether oxygens (including phenoxy) is 1. The van der Waals surface area contributed by atoms with Gasteiger partial charge in [0.2, 0.25) is 5.91 Å². The first kappa shape index (κ1) is 19.0. The summed E-state index contributed by atoms with van der Waals surface area (Å²) in [5, 5.41) is 5.72. The lowest BCUT2D eigenvalue weighted by atomic mass is 10.1. The fraction of sp³-hybridized carbons (Fsp3) is 0.474. The first-order chi connectivity index (χ1) is 12.1. The third-order valence-electron chi connectivity index (χ3n) is 4.21. The highest BCUT2D eigenvalue weighted by Gasteiger charge is 2.17. The molecule has 1 unspecified atom stereocenters. The van der Waals surface area contributed by atoms with Crippen LogP contribution in [0.3, 0.4) is 0 Å². The van der Waals surface area contributed by atoms with E-state index in [-0.39, 0.29) is 18.0 Å². The van der Waals surface area contributed by atoms with Crippen LogP contribution in [-0.2, 0) is 16.0 Å². The number of anilines is 1. The topological polar surface area (TPSA) is 70.7 Å². The van der Waals surface area contributed by atoms with E-state index in [4.69, 9.17) is 4.74 Å². The van der Waals surface area contributed by atoms with Gasteiger partial charge in [0.05, 0.1) is 19.6 Å². The van der Waals surface area contributed by atoms with Crippen LogP contribution in [0.15, 0.2) is 36.9 Å². The molecular weight excluding hydrogens is 318 g/mol. The Morgan fingerprint density at radius 3 is 2.56 bits per heavy atom. The Bertz CT molecular complexity index is 580. The zero-order valence-electron chi connectivity index (χ0n) is 14.8. The maximum Gasteiger partial charge on any atom is 0.319 e. The molecule has 0 aromatic heterocycles. The first-order valence-corrected chi connectivity index (χ1v) is 8.75. The number of morpholine rings is 1. The van der Waals surface area contributed by atoms with Crippen LogP contribution >= 0.6 is 0 Å². The van der Waals surface area contributed by atoms with Gasteiger partial charge in [-0.3, -0.25) is 4.79 Å². The molecular formula is C19H27N3O3. The van der Waals surface area contributed by atoms with E-state index in [1.165, 1.54) is 0 Å². The summed E-state index contributed by atoms with van der Waals surface area (Å²) < 4.78 is 5.26. The zero-order chi connectivity index (χ0) is 18.1. The van der Waals surface area contributed by atoms with Crippen LogP contribution in [-0.4, -0.2) is 49.2 Å². The average molecular weight is 345 g/mol. The molecule has 0 radical (unpaired) electrons. The van der Waals surface area contributed by atoms with E-state index in [2.05, 4.69) is 17.2 Å². The Balaban J connectivity index is 1.83. The van der Waals surface area contributed by atoms with Gasteiger partial charge >= 0.3 is 6.03 Å². The number of carbonyl (C=O) groups is 2. The number of rotatable bonds is 7. The number of amides is 3. The first-order valence-electron chi connectivity index (χ1n) is 8.75. The minimum atomic E-state index is -0.231. The van der Waals surface area contributed by atoms with Crippen LogP contribution in [0.5, 0.6) is 0 Å². The maximum atomic E-state index is 12.2. The summed E-state index contributed by atoms with van der Waals surface area (Å²) >= 11 is 0. The summed E-state index contributed by atoms with van der Waals surface area (Å²) in [4.78, 5) is 26.1. The summed E-state index contributed by atoms with van der Waals surface area (Å²) in [6.45, 7) is 8.24. The van der Waals surface area contributed by atoms with Gasteiger partial charge in [0.15, 0.2) is 0 Å². The Kier molecular flexibility index (Phi) is 7.47. The van der Waals surface area contributed by atoms with Crippen molar-refractivity contribution < 1.29 is 14.3 Å². The van der Waals surface area contributed by atoms with Crippen LogP contribution in [0.4, 0.5) is 10.5 Å². The fourth-order valence-electron chi connectivity index (χ4n) is 2.69. The van der Waals surface area contributed by atoms with Crippen molar-refractivity contribution in [1.29, 1.82) is 0 Å². The van der Waals surface area contributed by atoms with E-state index in [9.17, 15) is 9.59 Å². The van der Waals surface area contributed by atoms with E-state index in [0.29, 0.717) is 38.4 Å². The van der Waals surface area contributed by atoms with E-state index in [1.807, 2.05) is 36.1 Å². The summed E-state index contributed by atoms with van der Waals surface area (Å²) in [5.41, 5.74) is 1.63. The number of hydrogen-bond acceptors (Lipinski definition) is 3. The number of carbonyl (C=O) groups excluding carboxylic acids is 2. The highest BCUT2D eigenvalue weighted by atomic mass is 16.5. The van der Waals surface area contributed by atoms with Gasteiger partial charge in [-0.25, -0.2) is 4.79 Å². The predicted octanol–water partition coefficient (Wildman–Crippen LogP) is 2.56. The Morgan fingerprint density at radius 2 is 1.96 bits per heavy atom. The number of benzene rings is 1. The highest BCUT2D eigenvalue weighted by Crippen LogP contribution is 2.12. The van der Waals surface area contributed by atoms with Crippen LogP contribution in [0, 0.1) is 0 Å². The minimum Gasteiger partial charge on any atom is -0.378 e. The third-order valence-corrected chi connectivity index (χ3v) is 4.21. The monoisotopic (exact) mass is 345 g/mol. The van der Waals surface area contributed by atoms with Crippen LogP contribution in [0.25, 0.3) is 0 Å². The van der Waals surface area contributed by atoms with E-state index >= 15 is 0 Å². The average Bonchev–Trinajstić information content (AvgIpc) is 2.63. The molecule has 1 fully saturated rings. The van der Waals surface area contributed by atoms with Crippen molar-refractivity contribution in [3.8, 4) is 0 Å². The molecule has 1 heterocycles. The Morgan fingerprint density at radius 1 is 1.28 bits per heavy atom. The summed E-state index contributed by atoms with van der Waals surface area (Å²) in [6.07, 6.45) is 3.76. The van der Waals surface area contributed by atoms with Gasteiger partial charge < -0.3 is 20.3 Å². The molecule has 3 amide bonds. The highest BCUT2D eigenvalue weighted by molar-refractivity contribution is 5.89. The van der Waals surface area contributed by atoms with Crippen molar-refractivity contribution in [2.75, 3.05) is 31.6 Å². The van der Waals surface area contributed by atoms with Crippen molar-refractivity contribution in [1.82, 2.24) is 10.2 Å². The molecule has 1 aliphatic heterocycles. The van der Waals surface area contributed by atoms with Crippen molar-refractivity contribution in [3.05, 3.63) is 42.5 Å². The summed E-state index contributed by atoms with van der Waals surface area (Å²) in [5.74, 6) is 0.108. The SMILES string of the molecule is C=CCC(CC)NC(=O)Nc1ccc(CC(=O)N2CCOCC2)cc1. The smallest absolute Gasteiger partial charge is 0.319 e. The lowest BCUT2D eigenvalue weighted by Gasteiger charge is -2.26. The molecule has 1 aromatic rings. The van der Waals surface area contributed by atoms with Crippen LogP contribution in [0.1, 0.15) is 25.3 Å². The van der Waals surface area contributed by atoms with Gasteiger partial charge in [0.25, 0.3) is 0 Å². The molecule has 1 aromatic carbocycles. The second-order valence-electron chi connectivity index (χ2n) is 6.09. The number of hydrogen-bond donors (Lipinski definition) is 2. The van der Waals surface area contributed by atoms with E-state index in [0.717, 1.165) is 18.4 Å². The largest absolute Gasteiger partial charge is 0.378 e. The lowest BCUT2D eigenvalue weighted by Crippen LogP contribution is -2.41. The van der Waals surface area contributed by atoms with E-state index in [1.54, 1.807) is 6.08 Å². The molecule has 0 aliphatic carbocycles. The standard InChI is InChI=1S/C19H27N3O3/c1-3-5-16(4-2)20-19(24)21-17-8-6-15(7-9-17)14-18(23)22-10-12-25-13-11-22/h3,6-9,16H,1,4-5,10-14H2,2H3,(H2,20,21,24). The molecule has 1 atom stereocenters. The van der Waals surface area contributed by atoms with Gasteiger partial charge in [0.1, 0.15) is 0 Å². The Labute approximate surface area is 149 Å². The van der Waals surface area contributed by atoms with Gasteiger partial charge in [-0.1, -0.05) is 25.1 Å². The Hall–Kier alpha value is -2.34. The predicted molar refractivity (Wildman–Crippen MR) is 98.6 cm³/mol. The fourth-order valence-corrected chi connectivity index (χ4v) is 2.69. The molecule has 25 heavy (non-hydrogen) atoms. The van der Waals surface area contributed by atoms with Gasteiger partial charge in [-0.15, -0.1) is 6.58 Å². The second kappa shape index (κ2) is 9.84. The molecule has 0 saturated carbocycles. The molecule has 136 valence electrons. The van der Waals surface area contributed by atoms with Crippen molar-refractivity contribution in [2.24, 2.45) is 0 Å². The van der Waals surface area contributed by atoms with Gasteiger partial charge in [-0.2, -0.15) is 0 Å².